The third-order valence-electron chi connectivity index (χ3n) is 7.39. The molecule has 2 aromatic rings. The second-order valence-electron chi connectivity index (χ2n) is 9.36. The number of halogens is 1. The Balaban J connectivity index is 1.32. The molecule has 164 valence electrons. The summed E-state index contributed by atoms with van der Waals surface area (Å²) in [7, 11) is 0. The van der Waals surface area contributed by atoms with Crippen molar-refractivity contribution < 1.29 is 0 Å². The van der Waals surface area contributed by atoms with Crippen molar-refractivity contribution in [2.24, 2.45) is 16.1 Å². The first kappa shape index (κ1) is 21.0. The first-order valence-corrected chi connectivity index (χ1v) is 12.5. The molecule has 31 heavy (non-hydrogen) atoms. The lowest BCUT2D eigenvalue weighted by Crippen LogP contribution is -2.49. The number of anilines is 1. The van der Waals surface area contributed by atoms with Gasteiger partial charge in [-0.1, -0.05) is 18.0 Å². The summed E-state index contributed by atoms with van der Waals surface area (Å²) in [4.78, 5) is 2.76. The van der Waals surface area contributed by atoms with E-state index in [2.05, 4.69) is 32.6 Å². The van der Waals surface area contributed by atoms with Crippen LogP contribution in [0.1, 0.15) is 56.1 Å². The molecule has 4 nitrogen and oxygen atoms in total. The zero-order valence-electron chi connectivity index (χ0n) is 18.3. The number of hydrogen-bond donors (Lipinski definition) is 1. The van der Waals surface area contributed by atoms with Crippen molar-refractivity contribution in [2.45, 2.75) is 63.8 Å². The Morgan fingerprint density at radius 3 is 2.52 bits per heavy atom. The number of benzene rings is 2. The number of nitrogens with zero attached hydrogens (tertiary/aromatic N) is 3. The van der Waals surface area contributed by atoms with Gasteiger partial charge in [0.25, 0.3) is 0 Å². The second-order valence-corrected chi connectivity index (χ2v) is 9.79. The molecule has 1 aliphatic carbocycles. The second kappa shape index (κ2) is 9.70. The van der Waals surface area contributed by atoms with Gasteiger partial charge in [-0.15, -0.1) is 0 Å². The number of fused-ring (bicyclic) bond motifs is 2. The van der Waals surface area contributed by atoms with Crippen LogP contribution in [0.5, 0.6) is 0 Å². The molecule has 5 heteroatoms. The van der Waals surface area contributed by atoms with Crippen LogP contribution in [0.25, 0.3) is 0 Å². The third kappa shape index (κ3) is 4.80. The molecule has 1 N–H and O–H groups in total. The summed E-state index contributed by atoms with van der Waals surface area (Å²) < 4.78 is 0. The SMILES string of the molecule is Clc1ccc(N=Nc2ccc(NC[C@@H]3CCCN4CCCC[C@H]34)c3c2CCCC3)cc1. The molecule has 2 heterocycles. The Morgan fingerprint density at radius 1 is 0.839 bits per heavy atom. The monoisotopic (exact) mass is 436 g/mol. The lowest BCUT2D eigenvalue weighted by atomic mass is 9.83. The van der Waals surface area contributed by atoms with Crippen LogP contribution in [0.3, 0.4) is 0 Å². The fraction of sp³-hybridized carbons (Fsp3) is 0.538. The standard InChI is InChI=1S/C26H33ClN4/c27-20-10-12-21(13-11-20)29-30-25-15-14-24(22-7-1-2-8-23(22)25)28-18-19-6-5-17-31-16-4-3-9-26(19)31/h10-15,19,26,28H,1-9,16-18H2/t19-,26+/m0/s1. The van der Waals surface area contributed by atoms with Gasteiger partial charge in [0, 0.05) is 23.3 Å². The predicted molar refractivity (Wildman–Crippen MR) is 129 cm³/mol. The Kier molecular flexibility index (Phi) is 6.56. The molecule has 2 fully saturated rings. The van der Waals surface area contributed by atoms with Gasteiger partial charge in [0.15, 0.2) is 0 Å². The van der Waals surface area contributed by atoms with Gasteiger partial charge in [-0.25, -0.2) is 0 Å². The van der Waals surface area contributed by atoms with Gasteiger partial charge in [0.05, 0.1) is 11.4 Å². The van der Waals surface area contributed by atoms with Crippen molar-refractivity contribution in [3.63, 3.8) is 0 Å². The fourth-order valence-corrected chi connectivity index (χ4v) is 5.91. The van der Waals surface area contributed by atoms with Gasteiger partial charge in [0.1, 0.15) is 0 Å². The summed E-state index contributed by atoms with van der Waals surface area (Å²) >= 11 is 5.98. The van der Waals surface area contributed by atoms with Crippen LogP contribution in [0.2, 0.25) is 5.02 Å². The quantitative estimate of drug-likeness (QED) is 0.499. The number of piperidine rings is 2. The Labute approximate surface area is 191 Å². The van der Waals surface area contributed by atoms with Crippen LogP contribution in [-0.4, -0.2) is 30.6 Å². The van der Waals surface area contributed by atoms with E-state index in [4.69, 9.17) is 11.6 Å². The highest BCUT2D eigenvalue weighted by atomic mass is 35.5. The zero-order chi connectivity index (χ0) is 21.0. The molecule has 0 saturated carbocycles. The van der Waals surface area contributed by atoms with Gasteiger partial charge >= 0.3 is 0 Å². The van der Waals surface area contributed by atoms with Crippen LogP contribution >= 0.6 is 11.6 Å². The molecule has 0 radical (unpaired) electrons. The van der Waals surface area contributed by atoms with E-state index in [0.717, 1.165) is 47.7 Å². The van der Waals surface area contributed by atoms with Crippen LogP contribution in [-0.2, 0) is 12.8 Å². The van der Waals surface area contributed by atoms with E-state index in [-0.39, 0.29) is 0 Å². The third-order valence-corrected chi connectivity index (χ3v) is 7.65. The van der Waals surface area contributed by atoms with Gasteiger partial charge in [-0.05, 0) is 118 Å². The summed E-state index contributed by atoms with van der Waals surface area (Å²) in [5.74, 6) is 0.776. The van der Waals surface area contributed by atoms with Gasteiger partial charge in [0.2, 0.25) is 0 Å². The summed E-state index contributed by atoms with van der Waals surface area (Å²) in [6.07, 6.45) is 11.6. The van der Waals surface area contributed by atoms with E-state index in [1.54, 1.807) is 0 Å². The highest BCUT2D eigenvalue weighted by Crippen LogP contribution is 2.37. The molecule has 2 saturated heterocycles. The first-order valence-electron chi connectivity index (χ1n) is 12.1. The molecule has 5 rings (SSSR count). The van der Waals surface area contributed by atoms with E-state index in [9.17, 15) is 0 Å². The van der Waals surface area contributed by atoms with Crippen molar-refractivity contribution >= 4 is 28.7 Å². The summed E-state index contributed by atoms with van der Waals surface area (Å²) in [5.41, 5.74) is 6.04. The molecule has 0 aromatic heterocycles. The minimum atomic E-state index is 0.723. The van der Waals surface area contributed by atoms with E-state index in [1.807, 2.05) is 24.3 Å². The number of nitrogens with one attached hydrogen (secondary N) is 1. The maximum absolute atomic E-state index is 5.98. The van der Waals surface area contributed by atoms with E-state index in [1.165, 1.54) is 74.8 Å². The Morgan fingerprint density at radius 2 is 1.65 bits per heavy atom. The molecule has 2 aliphatic heterocycles. The Bertz CT molecular complexity index is 922. The maximum Gasteiger partial charge on any atom is 0.0893 e. The summed E-state index contributed by atoms with van der Waals surface area (Å²) in [5, 5.41) is 13.7. The predicted octanol–water partition coefficient (Wildman–Crippen LogP) is 7.31. The smallest absolute Gasteiger partial charge is 0.0893 e. The van der Waals surface area contributed by atoms with Crippen molar-refractivity contribution in [1.82, 2.24) is 4.90 Å². The maximum atomic E-state index is 5.98. The Hall–Kier alpha value is -1.91. The lowest BCUT2D eigenvalue weighted by Gasteiger charge is -2.44. The number of azo groups is 1. The molecule has 0 bridgehead atoms. The van der Waals surface area contributed by atoms with E-state index in [0.29, 0.717) is 0 Å². The molecule has 2 atom stereocenters. The van der Waals surface area contributed by atoms with E-state index < -0.39 is 0 Å². The highest BCUT2D eigenvalue weighted by molar-refractivity contribution is 6.30. The van der Waals surface area contributed by atoms with Gasteiger partial charge in [-0.2, -0.15) is 10.2 Å². The van der Waals surface area contributed by atoms with Crippen molar-refractivity contribution in [2.75, 3.05) is 25.0 Å². The molecule has 0 unspecified atom stereocenters. The van der Waals surface area contributed by atoms with Gasteiger partial charge in [-0.3, -0.25) is 0 Å². The summed E-state index contributed by atoms with van der Waals surface area (Å²) in [6, 6.07) is 12.7. The molecule has 2 aromatic carbocycles. The zero-order valence-corrected chi connectivity index (χ0v) is 19.1. The highest BCUT2D eigenvalue weighted by Gasteiger charge is 2.32. The number of hydrogen-bond acceptors (Lipinski definition) is 4. The molecule has 0 spiro atoms. The average Bonchev–Trinajstić information content (AvgIpc) is 2.82. The fourth-order valence-electron chi connectivity index (χ4n) is 5.78. The normalized spacial score (nSPS) is 24.0. The molecule has 3 aliphatic rings. The minimum absolute atomic E-state index is 0.723. The first-order chi connectivity index (χ1) is 15.3. The van der Waals surface area contributed by atoms with E-state index >= 15 is 0 Å². The summed E-state index contributed by atoms with van der Waals surface area (Å²) in [6.45, 7) is 3.72. The topological polar surface area (TPSA) is 40.0 Å². The van der Waals surface area contributed by atoms with Crippen molar-refractivity contribution in [3.05, 3.63) is 52.5 Å². The van der Waals surface area contributed by atoms with Crippen LogP contribution in [0.4, 0.5) is 17.1 Å². The van der Waals surface area contributed by atoms with Crippen LogP contribution in [0.15, 0.2) is 46.6 Å². The van der Waals surface area contributed by atoms with Gasteiger partial charge < -0.3 is 10.2 Å². The lowest BCUT2D eigenvalue weighted by molar-refractivity contribution is 0.0649. The van der Waals surface area contributed by atoms with Crippen LogP contribution < -0.4 is 5.32 Å². The van der Waals surface area contributed by atoms with Crippen molar-refractivity contribution in [1.29, 1.82) is 0 Å². The van der Waals surface area contributed by atoms with Crippen molar-refractivity contribution in [3.8, 4) is 0 Å². The largest absolute Gasteiger partial charge is 0.384 e. The van der Waals surface area contributed by atoms with Crippen LogP contribution in [0, 0.1) is 5.92 Å². The molecular weight excluding hydrogens is 404 g/mol. The average molecular weight is 437 g/mol. The number of rotatable bonds is 5. The molecular formula is C26H33ClN4. The molecule has 0 amide bonds. The minimum Gasteiger partial charge on any atom is -0.384 e.